The fourth-order valence-corrected chi connectivity index (χ4v) is 4.60. The lowest BCUT2D eigenvalue weighted by atomic mass is 9.44. The van der Waals surface area contributed by atoms with E-state index >= 15 is 0 Å². The number of rotatable bonds is 6. The molecule has 2 heterocycles. The van der Waals surface area contributed by atoms with Gasteiger partial charge in [-0.2, -0.15) is 5.10 Å². The molecule has 2 bridgehead atoms. The number of ether oxygens (including phenoxy) is 1. The number of aromatic nitrogens is 3. The van der Waals surface area contributed by atoms with Gasteiger partial charge >= 0.3 is 0 Å². The van der Waals surface area contributed by atoms with Crippen molar-refractivity contribution in [2.24, 2.45) is 0 Å². The molecule has 0 unspecified atom stereocenters. The van der Waals surface area contributed by atoms with E-state index in [1.165, 1.54) is 0 Å². The van der Waals surface area contributed by atoms with Crippen molar-refractivity contribution in [3.05, 3.63) is 59.0 Å². The van der Waals surface area contributed by atoms with E-state index in [9.17, 15) is 9.59 Å². The van der Waals surface area contributed by atoms with Gasteiger partial charge in [-0.3, -0.25) is 9.59 Å². The molecule has 0 atom stereocenters. The molecule has 3 fully saturated rings. The summed E-state index contributed by atoms with van der Waals surface area (Å²) in [5.41, 5.74) is 1.38. The quantitative estimate of drug-likeness (QED) is 0.631. The van der Waals surface area contributed by atoms with Crippen LogP contribution in [0.15, 0.2) is 42.7 Å². The van der Waals surface area contributed by atoms with Gasteiger partial charge in [0.05, 0.1) is 6.20 Å². The molecule has 3 aromatic rings. The highest BCUT2D eigenvalue weighted by atomic mass is 35.5. The molecule has 2 aromatic heterocycles. The van der Waals surface area contributed by atoms with E-state index in [-0.39, 0.29) is 29.5 Å². The van der Waals surface area contributed by atoms with Gasteiger partial charge in [0, 0.05) is 28.4 Å². The molecule has 30 heavy (non-hydrogen) atoms. The highest BCUT2D eigenvalue weighted by Crippen LogP contribution is 2.60. The van der Waals surface area contributed by atoms with Crippen molar-refractivity contribution in [2.75, 3.05) is 6.61 Å². The second-order valence-electron chi connectivity index (χ2n) is 8.24. The van der Waals surface area contributed by atoms with Crippen LogP contribution in [0.1, 0.15) is 35.3 Å². The van der Waals surface area contributed by atoms with Crippen LogP contribution in [0.4, 0.5) is 0 Å². The average molecular weight is 426 g/mol. The third-order valence-electron chi connectivity index (χ3n) is 5.80. The zero-order valence-corrected chi connectivity index (χ0v) is 17.1. The largest absolute Gasteiger partial charge is 0.484 e. The van der Waals surface area contributed by atoms with Gasteiger partial charge in [0.15, 0.2) is 12.3 Å². The smallest absolute Gasteiger partial charge is 0.270 e. The Morgan fingerprint density at radius 3 is 2.70 bits per heavy atom. The number of fused-ring (bicyclic) bond motifs is 1. The maximum Gasteiger partial charge on any atom is 0.270 e. The van der Waals surface area contributed by atoms with Crippen molar-refractivity contribution >= 4 is 29.1 Å². The summed E-state index contributed by atoms with van der Waals surface area (Å²) in [6, 6.07) is 8.68. The highest BCUT2D eigenvalue weighted by molar-refractivity contribution is 6.31. The first-order valence-electron chi connectivity index (χ1n) is 9.68. The Morgan fingerprint density at radius 1 is 1.17 bits per heavy atom. The van der Waals surface area contributed by atoms with Crippen molar-refractivity contribution in [3.8, 4) is 5.75 Å². The summed E-state index contributed by atoms with van der Waals surface area (Å²) >= 11 is 6.00. The van der Waals surface area contributed by atoms with Gasteiger partial charge < -0.3 is 15.4 Å². The van der Waals surface area contributed by atoms with Gasteiger partial charge in [-0.1, -0.05) is 11.6 Å². The molecule has 154 valence electrons. The molecule has 2 amide bonds. The van der Waals surface area contributed by atoms with Crippen LogP contribution in [-0.2, 0) is 4.79 Å². The van der Waals surface area contributed by atoms with Crippen LogP contribution in [0.5, 0.6) is 5.75 Å². The van der Waals surface area contributed by atoms with Crippen LogP contribution in [0.2, 0.25) is 5.02 Å². The Labute approximate surface area is 177 Å². The number of benzene rings is 1. The van der Waals surface area contributed by atoms with Crippen LogP contribution in [0.25, 0.3) is 5.65 Å². The minimum absolute atomic E-state index is 0.0581. The Morgan fingerprint density at radius 2 is 1.93 bits per heavy atom. The minimum Gasteiger partial charge on any atom is -0.484 e. The van der Waals surface area contributed by atoms with E-state index in [0.717, 1.165) is 5.56 Å². The molecule has 3 aliphatic carbocycles. The molecule has 3 saturated carbocycles. The minimum atomic E-state index is -0.257. The first-order valence-corrected chi connectivity index (χ1v) is 10.1. The van der Waals surface area contributed by atoms with Crippen molar-refractivity contribution in [2.45, 2.75) is 37.3 Å². The first-order chi connectivity index (χ1) is 14.4. The van der Waals surface area contributed by atoms with Crippen molar-refractivity contribution in [1.29, 1.82) is 0 Å². The summed E-state index contributed by atoms with van der Waals surface area (Å²) in [6.07, 6.45) is 5.49. The summed E-state index contributed by atoms with van der Waals surface area (Å²) < 4.78 is 7.16. The van der Waals surface area contributed by atoms with Crippen molar-refractivity contribution < 1.29 is 14.3 Å². The maximum absolute atomic E-state index is 12.6. The highest BCUT2D eigenvalue weighted by Gasteiger charge is 2.69. The van der Waals surface area contributed by atoms with Gasteiger partial charge in [0.1, 0.15) is 11.4 Å². The standard InChI is InChI=1S/C21H20ClN5O3/c1-13-8-14(2-3-15(13)22)30-9-18(28)25-20-10-21(11-20,12-20)26-19(29)16-5-7-27-17(24-16)4-6-23-27/h2-8H,9-12H2,1H3,(H,25,28)(H,26,29). The number of hydrogen-bond acceptors (Lipinski definition) is 5. The number of halogens is 1. The van der Waals surface area contributed by atoms with Crippen LogP contribution >= 0.6 is 11.6 Å². The molecule has 3 aliphatic rings. The third-order valence-corrected chi connectivity index (χ3v) is 6.23. The number of amides is 2. The van der Waals surface area contributed by atoms with Crippen LogP contribution in [-0.4, -0.2) is 44.1 Å². The van der Waals surface area contributed by atoms with Gasteiger partial charge in [-0.05, 0) is 56.0 Å². The Kier molecular flexibility index (Phi) is 4.21. The number of nitrogens with one attached hydrogen (secondary N) is 2. The van der Waals surface area contributed by atoms with Crippen LogP contribution < -0.4 is 15.4 Å². The Balaban J connectivity index is 1.11. The Bertz CT molecular complexity index is 1150. The average Bonchev–Trinajstić information content (AvgIpc) is 3.14. The predicted octanol–water partition coefficient (Wildman–Crippen LogP) is 2.29. The van der Waals surface area contributed by atoms with E-state index in [2.05, 4.69) is 20.7 Å². The molecule has 6 rings (SSSR count). The molecule has 9 heteroatoms. The lowest BCUT2D eigenvalue weighted by molar-refractivity contribution is -0.141. The monoisotopic (exact) mass is 425 g/mol. The third kappa shape index (κ3) is 3.27. The molecule has 2 N–H and O–H groups in total. The van der Waals surface area contributed by atoms with Gasteiger partial charge in [-0.25, -0.2) is 9.50 Å². The Hall–Kier alpha value is -3.13. The molecular weight excluding hydrogens is 406 g/mol. The van der Waals surface area contributed by atoms with E-state index < -0.39 is 0 Å². The maximum atomic E-state index is 12.6. The second kappa shape index (κ2) is 6.70. The fourth-order valence-electron chi connectivity index (χ4n) is 4.48. The predicted molar refractivity (Wildman–Crippen MR) is 110 cm³/mol. The zero-order chi connectivity index (χ0) is 20.9. The summed E-state index contributed by atoms with van der Waals surface area (Å²) in [5.74, 6) is 0.228. The molecular formula is C21H20ClN5O3. The number of carbonyl (C=O) groups is 2. The molecule has 8 nitrogen and oxygen atoms in total. The lowest BCUT2D eigenvalue weighted by Gasteiger charge is -2.70. The van der Waals surface area contributed by atoms with Gasteiger partial charge in [-0.15, -0.1) is 0 Å². The van der Waals surface area contributed by atoms with E-state index in [1.54, 1.807) is 47.2 Å². The first kappa shape index (κ1) is 18.9. The summed E-state index contributed by atoms with van der Waals surface area (Å²) in [6.45, 7) is 1.82. The SMILES string of the molecule is Cc1cc(OCC(=O)NC23CC(NC(=O)c4ccn5nccc5n4)(C2)C3)ccc1Cl. The van der Waals surface area contributed by atoms with Crippen LogP contribution in [0.3, 0.4) is 0 Å². The van der Waals surface area contributed by atoms with Gasteiger partial charge in [0.25, 0.3) is 11.8 Å². The fraction of sp³-hybridized carbons (Fsp3) is 0.333. The number of aryl methyl sites for hydroxylation is 1. The number of carbonyl (C=O) groups excluding carboxylic acids is 2. The summed E-state index contributed by atoms with van der Waals surface area (Å²) in [4.78, 5) is 29.2. The van der Waals surface area contributed by atoms with E-state index in [0.29, 0.717) is 41.4 Å². The number of nitrogens with zero attached hydrogens (tertiary/aromatic N) is 3. The topological polar surface area (TPSA) is 97.6 Å². The zero-order valence-electron chi connectivity index (χ0n) is 16.3. The number of hydrogen-bond donors (Lipinski definition) is 2. The molecule has 0 spiro atoms. The summed E-state index contributed by atoms with van der Waals surface area (Å²) in [7, 11) is 0. The molecule has 0 saturated heterocycles. The molecule has 1 aromatic carbocycles. The van der Waals surface area contributed by atoms with E-state index in [4.69, 9.17) is 16.3 Å². The molecule has 0 radical (unpaired) electrons. The normalized spacial score (nSPS) is 23.9. The second-order valence-corrected chi connectivity index (χ2v) is 8.65. The van der Waals surface area contributed by atoms with Crippen LogP contribution in [0, 0.1) is 6.92 Å². The molecule has 0 aliphatic heterocycles. The van der Waals surface area contributed by atoms with Gasteiger partial charge in [0.2, 0.25) is 0 Å². The van der Waals surface area contributed by atoms with Crippen molar-refractivity contribution in [3.63, 3.8) is 0 Å². The van der Waals surface area contributed by atoms with E-state index in [1.807, 2.05) is 6.92 Å². The lowest BCUT2D eigenvalue weighted by Crippen LogP contribution is -2.84. The summed E-state index contributed by atoms with van der Waals surface area (Å²) in [5, 5.41) is 10.9. The van der Waals surface area contributed by atoms with Crippen molar-refractivity contribution in [1.82, 2.24) is 25.2 Å².